The summed E-state index contributed by atoms with van der Waals surface area (Å²) in [4.78, 5) is 2.54. The van der Waals surface area contributed by atoms with E-state index in [0.717, 1.165) is 12.0 Å². The lowest BCUT2D eigenvalue weighted by Gasteiger charge is -1.96. The van der Waals surface area contributed by atoms with Gasteiger partial charge in [0.05, 0.1) is 0 Å². The Balaban J connectivity index is 1.89. The molecule has 0 radical (unpaired) electrons. The molecule has 1 fully saturated rings. The van der Waals surface area contributed by atoms with Crippen LogP contribution in [0.5, 0.6) is 0 Å². The number of benzene rings is 1. The van der Waals surface area contributed by atoms with Crippen LogP contribution >= 0.6 is 11.3 Å². The zero-order valence-electron chi connectivity index (χ0n) is 8.69. The van der Waals surface area contributed by atoms with Crippen molar-refractivity contribution in [3.05, 3.63) is 47.1 Å². The smallest absolute Gasteiger partial charge is 0.123 e. The molecule has 3 rings (SSSR count). The monoisotopic (exact) mass is 233 g/mol. The summed E-state index contributed by atoms with van der Waals surface area (Å²) in [5.74, 6) is 0.365. The maximum Gasteiger partial charge on any atom is 0.123 e. The second kappa shape index (κ2) is 3.68. The molecule has 0 amide bonds. The average Bonchev–Trinajstić information content (AvgIpc) is 2.82. The van der Waals surface area contributed by atoms with Crippen LogP contribution in [0.15, 0.2) is 36.4 Å². The molecular weight excluding hydrogens is 221 g/mol. The summed E-state index contributed by atoms with van der Waals surface area (Å²) in [6, 6.07) is 11.2. The number of halogens is 1. The zero-order valence-corrected chi connectivity index (χ0v) is 9.51. The minimum absolute atomic E-state index is 0.190. The molecule has 2 atom stereocenters. The fourth-order valence-corrected chi connectivity index (χ4v) is 3.07. The molecule has 1 heterocycles. The molecule has 0 bridgehead atoms. The number of nitrogens with two attached hydrogens (primary N) is 1. The van der Waals surface area contributed by atoms with E-state index in [1.807, 2.05) is 12.1 Å². The first-order valence-corrected chi connectivity index (χ1v) is 6.17. The number of thiophene rings is 1. The fourth-order valence-electron chi connectivity index (χ4n) is 1.86. The highest BCUT2D eigenvalue weighted by atomic mass is 32.1. The molecule has 1 saturated carbocycles. The second-order valence-corrected chi connectivity index (χ2v) is 5.33. The molecular formula is C13H12FNS. The van der Waals surface area contributed by atoms with Gasteiger partial charge in [0.15, 0.2) is 0 Å². The molecule has 2 N–H and O–H groups in total. The van der Waals surface area contributed by atoms with Crippen LogP contribution in [0.4, 0.5) is 4.39 Å². The van der Waals surface area contributed by atoms with Crippen molar-refractivity contribution in [2.75, 3.05) is 0 Å². The highest BCUT2D eigenvalue weighted by Gasteiger charge is 2.35. The molecule has 2 aromatic rings. The minimum Gasteiger partial charge on any atom is -0.327 e. The molecule has 0 saturated heterocycles. The third-order valence-corrected chi connectivity index (χ3v) is 4.23. The third kappa shape index (κ3) is 1.77. The Kier molecular flexibility index (Phi) is 2.30. The second-order valence-electron chi connectivity index (χ2n) is 4.21. The summed E-state index contributed by atoms with van der Waals surface area (Å²) in [6.45, 7) is 0. The molecule has 1 aliphatic rings. The summed E-state index contributed by atoms with van der Waals surface area (Å²) >= 11 is 1.76. The molecule has 1 aromatic heterocycles. The van der Waals surface area contributed by atoms with E-state index < -0.39 is 0 Å². The van der Waals surface area contributed by atoms with Crippen molar-refractivity contribution in [1.29, 1.82) is 0 Å². The van der Waals surface area contributed by atoms with Crippen LogP contribution in [0.25, 0.3) is 10.4 Å². The molecule has 1 aromatic carbocycles. The van der Waals surface area contributed by atoms with Crippen molar-refractivity contribution in [2.24, 2.45) is 5.73 Å². The Hall–Kier alpha value is -1.19. The predicted octanol–water partition coefficient (Wildman–Crippen LogP) is 3.37. The van der Waals surface area contributed by atoms with Gasteiger partial charge in [0.2, 0.25) is 0 Å². The van der Waals surface area contributed by atoms with Gasteiger partial charge in [0.1, 0.15) is 5.82 Å². The molecule has 1 aliphatic carbocycles. The Morgan fingerprint density at radius 2 is 1.81 bits per heavy atom. The van der Waals surface area contributed by atoms with Gasteiger partial charge < -0.3 is 5.73 Å². The summed E-state index contributed by atoms with van der Waals surface area (Å²) in [7, 11) is 0. The number of hydrogen-bond donors (Lipinski definition) is 1. The lowest BCUT2D eigenvalue weighted by Crippen LogP contribution is -1.99. The maximum absolute atomic E-state index is 12.8. The average molecular weight is 233 g/mol. The summed E-state index contributed by atoms with van der Waals surface area (Å²) < 4.78 is 12.8. The highest BCUT2D eigenvalue weighted by molar-refractivity contribution is 7.15. The number of rotatable bonds is 2. The van der Waals surface area contributed by atoms with Crippen LogP contribution in [0, 0.1) is 5.82 Å². The molecule has 0 aliphatic heterocycles. The van der Waals surface area contributed by atoms with Gasteiger partial charge in [-0.3, -0.25) is 0 Å². The van der Waals surface area contributed by atoms with E-state index in [0.29, 0.717) is 12.0 Å². The van der Waals surface area contributed by atoms with Gasteiger partial charge in [-0.2, -0.15) is 0 Å². The van der Waals surface area contributed by atoms with Crippen molar-refractivity contribution in [3.8, 4) is 10.4 Å². The fraction of sp³-hybridized carbons (Fsp3) is 0.231. The van der Waals surface area contributed by atoms with Gasteiger partial charge in [0.25, 0.3) is 0 Å². The standard InChI is InChI=1S/C13H12FNS/c14-9-3-1-8(2-4-9)12-5-6-13(16-12)10-7-11(10)15/h1-6,10-11H,7,15H2/t10-,11-/m1/s1. The Bertz CT molecular complexity index is 503. The molecule has 0 spiro atoms. The van der Waals surface area contributed by atoms with Gasteiger partial charge >= 0.3 is 0 Å². The van der Waals surface area contributed by atoms with Gasteiger partial charge in [-0.15, -0.1) is 11.3 Å². The zero-order chi connectivity index (χ0) is 11.1. The van der Waals surface area contributed by atoms with E-state index in [4.69, 9.17) is 5.73 Å². The van der Waals surface area contributed by atoms with Crippen molar-refractivity contribution in [2.45, 2.75) is 18.4 Å². The van der Waals surface area contributed by atoms with Crippen molar-refractivity contribution < 1.29 is 4.39 Å². The van der Waals surface area contributed by atoms with E-state index in [-0.39, 0.29) is 5.82 Å². The third-order valence-electron chi connectivity index (χ3n) is 2.96. The van der Waals surface area contributed by atoms with Crippen LogP contribution in [-0.2, 0) is 0 Å². The van der Waals surface area contributed by atoms with Crippen LogP contribution in [0.3, 0.4) is 0 Å². The van der Waals surface area contributed by atoms with Crippen LogP contribution in [-0.4, -0.2) is 6.04 Å². The normalized spacial score (nSPS) is 23.4. The van der Waals surface area contributed by atoms with Crippen molar-refractivity contribution in [1.82, 2.24) is 0 Å². The van der Waals surface area contributed by atoms with Crippen LogP contribution in [0.2, 0.25) is 0 Å². The minimum atomic E-state index is -0.190. The quantitative estimate of drug-likeness (QED) is 0.845. The molecule has 1 nitrogen and oxygen atoms in total. The summed E-state index contributed by atoms with van der Waals surface area (Å²) in [5, 5.41) is 0. The van der Waals surface area contributed by atoms with E-state index in [1.165, 1.54) is 21.9 Å². The van der Waals surface area contributed by atoms with Gasteiger partial charge in [-0.05, 0) is 36.2 Å². The number of hydrogen-bond acceptors (Lipinski definition) is 2. The first-order chi connectivity index (χ1) is 7.74. The Morgan fingerprint density at radius 1 is 1.12 bits per heavy atom. The topological polar surface area (TPSA) is 26.0 Å². The Morgan fingerprint density at radius 3 is 2.44 bits per heavy atom. The molecule has 3 heteroatoms. The van der Waals surface area contributed by atoms with E-state index >= 15 is 0 Å². The van der Waals surface area contributed by atoms with E-state index in [9.17, 15) is 4.39 Å². The van der Waals surface area contributed by atoms with Gasteiger partial charge in [0, 0.05) is 21.7 Å². The van der Waals surface area contributed by atoms with Crippen LogP contribution < -0.4 is 5.73 Å². The maximum atomic E-state index is 12.8. The van der Waals surface area contributed by atoms with E-state index in [2.05, 4.69) is 12.1 Å². The summed E-state index contributed by atoms with van der Waals surface area (Å²) in [6.07, 6.45) is 1.10. The SMILES string of the molecule is N[C@@H]1C[C@H]1c1ccc(-c2ccc(F)cc2)s1. The molecule has 16 heavy (non-hydrogen) atoms. The van der Waals surface area contributed by atoms with Crippen molar-refractivity contribution >= 4 is 11.3 Å². The van der Waals surface area contributed by atoms with E-state index in [1.54, 1.807) is 11.3 Å². The predicted molar refractivity (Wildman–Crippen MR) is 65.0 cm³/mol. The van der Waals surface area contributed by atoms with Gasteiger partial charge in [-0.1, -0.05) is 12.1 Å². The summed E-state index contributed by atoms with van der Waals surface area (Å²) in [5.41, 5.74) is 6.90. The lowest BCUT2D eigenvalue weighted by molar-refractivity contribution is 0.628. The first-order valence-electron chi connectivity index (χ1n) is 5.35. The van der Waals surface area contributed by atoms with Crippen molar-refractivity contribution in [3.63, 3.8) is 0 Å². The Labute approximate surface area is 97.7 Å². The van der Waals surface area contributed by atoms with Crippen LogP contribution in [0.1, 0.15) is 17.2 Å². The van der Waals surface area contributed by atoms with Gasteiger partial charge in [-0.25, -0.2) is 4.39 Å². The lowest BCUT2D eigenvalue weighted by atomic mass is 10.2. The largest absolute Gasteiger partial charge is 0.327 e. The first kappa shape index (κ1) is 10.00. The molecule has 0 unspecified atom stereocenters. The molecule has 82 valence electrons. The highest BCUT2D eigenvalue weighted by Crippen LogP contribution is 2.44.